The maximum absolute atomic E-state index is 12.9. The van der Waals surface area contributed by atoms with Crippen LogP contribution in [0.25, 0.3) is 0 Å². The molecular weight excluding hydrogens is 440 g/mol. The van der Waals surface area contributed by atoms with E-state index in [2.05, 4.69) is 10.4 Å². The van der Waals surface area contributed by atoms with Crippen LogP contribution in [0.3, 0.4) is 0 Å². The quantitative estimate of drug-likeness (QED) is 0.574. The Bertz CT molecular complexity index is 1200. The predicted molar refractivity (Wildman–Crippen MR) is 126 cm³/mol. The van der Waals surface area contributed by atoms with Crippen molar-refractivity contribution in [3.8, 4) is 5.75 Å². The van der Waals surface area contributed by atoms with Gasteiger partial charge in [-0.25, -0.2) is 13.1 Å². The van der Waals surface area contributed by atoms with Crippen molar-refractivity contribution in [2.75, 3.05) is 25.5 Å². The van der Waals surface area contributed by atoms with Crippen LogP contribution < -0.4 is 10.1 Å². The van der Waals surface area contributed by atoms with Crippen LogP contribution >= 0.6 is 0 Å². The Morgan fingerprint density at radius 1 is 1.09 bits per heavy atom. The molecule has 0 unspecified atom stereocenters. The van der Waals surface area contributed by atoms with Gasteiger partial charge in [0, 0.05) is 25.1 Å². The highest BCUT2D eigenvalue weighted by atomic mass is 32.2. The lowest BCUT2D eigenvalue weighted by atomic mass is 9.97. The normalized spacial score (nSPS) is 15.3. The van der Waals surface area contributed by atoms with Gasteiger partial charge in [-0.2, -0.15) is 9.40 Å². The average molecular weight is 469 g/mol. The van der Waals surface area contributed by atoms with Crippen molar-refractivity contribution in [1.29, 1.82) is 0 Å². The highest BCUT2D eigenvalue weighted by Gasteiger charge is 2.32. The second-order valence-electron chi connectivity index (χ2n) is 8.16. The zero-order valence-electron chi connectivity index (χ0n) is 18.8. The molecule has 9 heteroatoms. The molecular formula is C24H28N4O4S. The summed E-state index contributed by atoms with van der Waals surface area (Å²) < 4.78 is 34.2. The smallest absolute Gasteiger partial charge is 0.243 e. The first-order valence-electron chi connectivity index (χ1n) is 10.9. The number of anilines is 1. The molecule has 8 nitrogen and oxygen atoms in total. The van der Waals surface area contributed by atoms with E-state index < -0.39 is 10.0 Å². The van der Waals surface area contributed by atoms with Crippen molar-refractivity contribution < 1.29 is 17.9 Å². The molecule has 33 heavy (non-hydrogen) atoms. The standard InChI is InChI=1S/C24H28N4O4S/c1-18-16-23(28(26-18)17-19-6-4-3-5-7-19)25-24(29)20-12-14-27(15-13-20)33(30,31)22-10-8-21(32-2)9-11-22/h3-11,16,20H,12-15,17H2,1-2H3,(H,25,29). The fraction of sp³-hybridized carbons (Fsp3) is 0.333. The van der Waals surface area contributed by atoms with Gasteiger partial charge < -0.3 is 10.1 Å². The molecule has 0 spiro atoms. The van der Waals surface area contributed by atoms with Crippen molar-refractivity contribution in [2.24, 2.45) is 5.92 Å². The molecule has 1 saturated heterocycles. The molecule has 3 aromatic rings. The molecule has 0 aliphatic carbocycles. The summed E-state index contributed by atoms with van der Waals surface area (Å²) in [5, 5.41) is 7.50. The molecule has 1 amide bonds. The lowest BCUT2D eigenvalue weighted by molar-refractivity contribution is -0.121. The van der Waals surface area contributed by atoms with Crippen LogP contribution in [0.4, 0.5) is 5.82 Å². The van der Waals surface area contributed by atoms with Crippen molar-refractivity contribution in [1.82, 2.24) is 14.1 Å². The van der Waals surface area contributed by atoms with Gasteiger partial charge in [-0.05, 0) is 49.6 Å². The molecule has 0 bridgehead atoms. The maximum atomic E-state index is 12.9. The Morgan fingerprint density at radius 2 is 1.76 bits per heavy atom. The van der Waals surface area contributed by atoms with Gasteiger partial charge in [-0.1, -0.05) is 30.3 Å². The first kappa shape index (κ1) is 23.0. The summed E-state index contributed by atoms with van der Waals surface area (Å²) in [6.07, 6.45) is 0.931. The number of hydrogen-bond donors (Lipinski definition) is 1. The Morgan fingerprint density at radius 3 is 2.39 bits per heavy atom. The fourth-order valence-corrected chi connectivity index (χ4v) is 5.48. The van der Waals surface area contributed by atoms with E-state index in [4.69, 9.17) is 4.74 Å². The summed E-state index contributed by atoms with van der Waals surface area (Å²) in [7, 11) is -2.06. The topological polar surface area (TPSA) is 93.5 Å². The Hall–Kier alpha value is -3.17. The molecule has 1 N–H and O–H groups in total. The summed E-state index contributed by atoms with van der Waals surface area (Å²) in [6, 6.07) is 18.1. The Labute approximate surface area is 194 Å². The molecule has 174 valence electrons. The first-order valence-corrected chi connectivity index (χ1v) is 12.3. The van der Waals surface area contributed by atoms with E-state index in [1.165, 1.54) is 11.4 Å². The van der Waals surface area contributed by atoms with Crippen LogP contribution in [0.15, 0.2) is 65.6 Å². The third-order valence-corrected chi connectivity index (χ3v) is 7.76. The number of nitrogens with zero attached hydrogens (tertiary/aromatic N) is 3. The highest BCUT2D eigenvalue weighted by Crippen LogP contribution is 2.26. The molecule has 0 radical (unpaired) electrons. The van der Waals surface area contributed by atoms with Crippen molar-refractivity contribution in [2.45, 2.75) is 31.2 Å². The summed E-state index contributed by atoms with van der Waals surface area (Å²) in [4.78, 5) is 13.2. The third kappa shape index (κ3) is 5.26. The summed E-state index contributed by atoms with van der Waals surface area (Å²) in [5.74, 6) is 0.888. The number of rotatable bonds is 7. The minimum Gasteiger partial charge on any atom is -0.497 e. The molecule has 0 atom stereocenters. The van der Waals surface area contributed by atoms with Gasteiger partial charge in [0.05, 0.1) is 24.2 Å². The minimum absolute atomic E-state index is 0.106. The highest BCUT2D eigenvalue weighted by molar-refractivity contribution is 7.89. The second kappa shape index (κ2) is 9.76. The van der Waals surface area contributed by atoms with Crippen LogP contribution in [0, 0.1) is 12.8 Å². The molecule has 1 fully saturated rings. The number of aryl methyl sites for hydroxylation is 1. The number of hydrogen-bond acceptors (Lipinski definition) is 5. The van der Waals surface area contributed by atoms with Gasteiger partial charge in [0.25, 0.3) is 0 Å². The lowest BCUT2D eigenvalue weighted by Crippen LogP contribution is -2.41. The third-order valence-electron chi connectivity index (χ3n) is 5.85. The molecule has 4 rings (SSSR count). The number of ether oxygens (including phenoxy) is 1. The zero-order chi connectivity index (χ0) is 23.4. The van der Waals surface area contributed by atoms with E-state index in [1.807, 2.05) is 43.3 Å². The van der Waals surface area contributed by atoms with Gasteiger partial charge >= 0.3 is 0 Å². The summed E-state index contributed by atoms with van der Waals surface area (Å²) >= 11 is 0. The van der Waals surface area contributed by atoms with Crippen LogP contribution in [0.1, 0.15) is 24.1 Å². The molecule has 0 saturated carbocycles. The van der Waals surface area contributed by atoms with E-state index in [1.54, 1.807) is 28.9 Å². The van der Waals surface area contributed by atoms with E-state index >= 15 is 0 Å². The number of benzene rings is 2. The van der Waals surface area contributed by atoms with Crippen molar-refractivity contribution >= 4 is 21.7 Å². The minimum atomic E-state index is -3.60. The van der Waals surface area contributed by atoms with E-state index in [-0.39, 0.29) is 16.7 Å². The molecule has 2 aromatic carbocycles. The van der Waals surface area contributed by atoms with Gasteiger partial charge in [0.2, 0.25) is 15.9 Å². The second-order valence-corrected chi connectivity index (χ2v) is 10.1. The number of sulfonamides is 1. The van der Waals surface area contributed by atoms with Crippen LogP contribution in [-0.2, 0) is 21.4 Å². The number of aromatic nitrogens is 2. The van der Waals surface area contributed by atoms with Gasteiger partial charge in [0.15, 0.2) is 0 Å². The largest absolute Gasteiger partial charge is 0.497 e. The number of methoxy groups -OCH3 is 1. The summed E-state index contributed by atoms with van der Waals surface area (Å²) in [5.41, 5.74) is 1.91. The molecule has 1 aromatic heterocycles. The van der Waals surface area contributed by atoms with E-state index in [0.717, 1.165) is 11.3 Å². The number of piperidine rings is 1. The number of amides is 1. The fourth-order valence-electron chi connectivity index (χ4n) is 4.01. The van der Waals surface area contributed by atoms with Gasteiger partial charge in [-0.15, -0.1) is 0 Å². The molecule has 1 aliphatic heterocycles. The number of nitrogens with one attached hydrogen (secondary N) is 1. The number of carbonyl (C=O) groups is 1. The van der Waals surface area contributed by atoms with Crippen LogP contribution in [0.2, 0.25) is 0 Å². The predicted octanol–water partition coefficient (Wildman–Crippen LogP) is 3.29. The van der Waals surface area contributed by atoms with Gasteiger partial charge in [-0.3, -0.25) is 4.79 Å². The monoisotopic (exact) mass is 468 g/mol. The SMILES string of the molecule is COc1ccc(S(=O)(=O)N2CCC(C(=O)Nc3cc(C)nn3Cc3ccccc3)CC2)cc1. The maximum Gasteiger partial charge on any atom is 0.243 e. The lowest BCUT2D eigenvalue weighted by Gasteiger charge is -2.30. The van der Waals surface area contributed by atoms with Crippen LogP contribution in [-0.4, -0.2) is 48.6 Å². The molecule has 1 aliphatic rings. The average Bonchev–Trinajstić information content (AvgIpc) is 3.18. The number of carbonyl (C=O) groups excluding carboxylic acids is 1. The van der Waals surface area contributed by atoms with E-state index in [9.17, 15) is 13.2 Å². The van der Waals surface area contributed by atoms with Crippen molar-refractivity contribution in [3.63, 3.8) is 0 Å². The van der Waals surface area contributed by atoms with Crippen molar-refractivity contribution in [3.05, 3.63) is 71.9 Å². The zero-order valence-corrected chi connectivity index (χ0v) is 19.6. The van der Waals surface area contributed by atoms with Crippen LogP contribution in [0.5, 0.6) is 5.75 Å². The molecule has 2 heterocycles. The summed E-state index contributed by atoms with van der Waals surface area (Å²) in [6.45, 7) is 3.05. The Balaban J connectivity index is 1.38. The Kier molecular flexibility index (Phi) is 6.80. The first-order chi connectivity index (χ1) is 15.9. The van der Waals surface area contributed by atoms with E-state index in [0.29, 0.717) is 44.0 Å². The van der Waals surface area contributed by atoms with Gasteiger partial charge in [0.1, 0.15) is 11.6 Å².